The SMILES string of the molecule is COC(CC(=O)C(C)(C)C)Cc1ccccc1. The molecule has 0 aliphatic rings. The van der Waals surface area contributed by atoms with Gasteiger partial charge in [-0.25, -0.2) is 0 Å². The highest BCUT2D eigenvalue weighted by Gasteiger charge is 2.24. The summed E-state index contributed by atoms with van der Waals surface area (Å²) in [5.41, 5.74) is 0.925. The van der Waals surface area contributed by atoms with E-state index in [2.05, 4.69) is 12.1 Å². The third-order valence-corrected chi connectivity index (χ3v) is 2.89. The van der Waals surface area contributed by atoms with Crippen molar-refractivity contribution < 1.29 is 9.53 Å². The topological polar surface area (TPSA) is 26.3 Å². The Balaban J connectivity index is 2.59. The summed E-state index contributed by atoms with van der Waals surface area (Å²) < 4.78 is 5.40. The molecule has 0 amide bonds. The zero-order chi connectivity index (χ0) is 12.9. The number of hydrogen-bond donors (Lipinski definition) is 0. The Hall–Kier alpha value is -1.15. The van der Waals surface area contributed by atoms with Crippen LogP contribution in [0.5, 0.6) is 0 Å². The van der Waals surface area contributed by atoms with E-state index in [4.69, 9.17) is 4.74 Å². The summed E-state index contributed by atoms with van der Waals surface area (Å²) in [6, 6.07) is 10.1. The molecule has 1 unspecified atom stereocenters. The van der Waals surface area contributed by atoms with Crippen molar-refractivity contribution in [3.63, 3.8) is 0 Å². The quantitative estimate of drug-likeness (QED) is 0.781. The average Bonchev–Trinajstić information content (AvgIpc) is 2.28. The number of hydrogen-bond acceptors (Lipinski definition) is 2. The predicted octanol–water partition coefficient (Wildman–Crippen LogP) is 3.25. The molecule has 1 rings (SSSR count). The molecule has 0 bridgehead atoms. The second kappa shape index (κ2) is 5.97. The van der Waals surface area contributed by atoms with E-state index in [-0.39, 0.29) is 17.3 Å². The third-order valence-electron chi connectivity index (χ3n) is 2.89. The van der Waals surface area contributed by atoms with E-state index in [1.807, 2.05) is 39.0 Å². The largest absolute Gasteiger partial charge is 0.381 e. The van der Waals surface area contributed by atoms with Crippen LogP contribution in [0.15, 0.2) is 30.3 Å². The van der Waals surface area contributed by atoms with Gasteiger partial charge in [-0.05, 0) is 12.0 Å². The number of ketones is 1. The van der Waals surface area contributed by atoms with Crippen molar-refractivity contribution in [1.82, 2.24) is 0 Å². The first-order chi connectivity index (χ1) is 7.93. The minimum atomic E-state index is -0.284. The van der Waals surface area contributed by atoms with Crippen LogP contribution in [-0.4, -0.2) is 19.0 Å². The molecule has 0 heterocycles. The van der Waals surface area contributed by atoms with Crippen molar-refractivity contribution in [1.29, 1.82) is 0 Å². The zero-order valence-electron chi connectivity index (χ0n) is 11.2. The van der Waals surface area contributed by atoms with E-state index in [1.54, 1.807) is 7.11 Å². The minimum Gasteiger partial charge on any atom is -0.381 e. The van der Waals surface area contributed by atoms with E-state index >= 15 is 0 Å². The first-order valence-corrected chi connectivity index (χ1v) is 6.03. The number of methoxy groups -OCH3 is 1. The van der Waals surface area contributed by atoms with Crippen molar-refractivity contribution in [3.8, 4) is 0 Å². The first kappa shape index (κ1) is 13.9. The van der Waals surface area contributed by atoms with E-state index < -0.39 is 0 Å². The smallest absolute Gasteiger partial charge is 0.140 e. The molecule has 0 spiro atoms. The van der Waals surface area contributed by atoms with Crippen LogP contribution in [0.4, 0.5) is 0 Å². The molecule has 0 aliphatic carbocycles. The highest BCUT2D eigenvalue weighted by Crippen LogP contribution is 2.20. The highest BCUT2D eigenvalue weighted by molar-refractivity contribution is 5.84. The van der Waals surface area contributed by atoms with Gasteiger partial charge in [0.25, 0.3) is 0 Å². The first-order valence-electron chi connectivity index (χ1n) is 6.03. The van der Waals surface area contributed by atoms with Crippen LogP contribution in [0.1, 0.15) is 32.8 Å². The maximum absolute atomic E-state index is 11.9. The summed E-state index contributed by atoms with van der Waals surface area (Å²) in [7, 11) is 1.67. The molecule has 94 valence electrons. The number of Topliss-reactive ketones (excluding diaryl/α,β-unsaturated/α-hetero) is 1. The molecule has 0 N–H and O–H groups in total. The van der Waals surface area contributed by atoms with Gasteiger partial charge in [0.2, 0.25) is 0 Å². The van der Waals surface area contributed by atoms with Crippen LogP contribution in [-0.2, 0) is 16.0 Å². The molecule has 0 aliphatic heterocycles. The minimum absolute atomic E-state index is 0.0240. The molecule has 17 heavy (non-hydrogen) atoms. The third kappa shape index (κ3) is 4.70. The van der Waals surface area contributed by atoms with Gasteiger partial charge in [-0.3, -0.25) is 4.79 Å². The summed E-state index contributed by atoms with van der Waals surface area (Å²) in [6.07, 6.45) is 1.25. The molecule has 0 aromatic heterocycles. The van der Waals surface area contributed by atoms with Gasteiger partial charge in [-0.2, -0.15) is 0 Å². The number of carbonyl (C=O) groups is 1. The molecule has 0 saturated heterocycles. The Morgan fingerprint density at radius 3 is 2.29 bits per heavy atom. The van der Waals surface area contributed by atoms with Gasteiger partial charge < -0.3 is 4.74 Å². The van der Waals surface area contributed by atoms with Gasteiger partial charge in [-0.1, -0.05) is 51.1 Å². The monoisotopic (exact) mass is 234 g/mol. The van der Waals surface area contributed by atoms with Crippen molar-refractivity contribution in [2.24, 2.45) is 5.41 Å². The fourth-order valence-electron chi connectivity index (χ4n) is 1.63. The van der Waals surface area contributed by atoms with Crippen molar-refractivity contribution >= 4 is 5.78 Å². The maximum atomic E-state index is 11.9. The number of rotatable bonds is 5. The summed E-state index contributed by atoms with van der Waals surface area (Å²) in [5.74, 6) is 0.250. The average molecular weight is 234 g/mol. The van der Waals surface area contributed by atoms with Crippen LogP contribution in [0.3, 0.4) is 0 Å². The second-order valence-electron chi connectivity index (χ2n) is 5.42. The number of carbonyl (C=O) groups excluding carboxylic acids is 1. The van der Waals surface area contributed by atoms with Crippen LogP contribution >= 0.6 is 0 Å². The lowest BCUT2D eigenvalue weighted by atomic mass is 9.86. The molecule has 2 nitrogen and oxygen atoms in total. The van der Waals surface area contributed by atoms with Gasteiger partial charge in [0.05, 0.1) is 6.10 Å². The Morgan fingerprint density at radius 1 is 1.24 bits per heavy atom. The Kier molecular flexibility index (Phi) is 4.88. The summed E-state index contributed by atoms with van der Waals surface area (Å²) in [5, 5.41) is 0. The normalized spacial score (nSPS) is 13.4. The molecular weight excluding hydrogens is 212 g/mol. The summed E-state index contributed by atoms with van der Waals surface area (Å²) in [4.78, 5) is 11.9. The van der Waals surface area contributed by atoms with Crippen LogP contribution in [0, 0.1) is 5.41 Å². The Labute approximate surface area is 104 Å². The van der Waals surface area contributed by atoms with Gasteiger partial charge in [0.1, 0.15) is 5.78 Å². The van der Waals surface area contributed by atoms with Crippen molar-refractivity contribution in [2.45, 2.75) is 39.7 Å². The van der Waals surface area contributed by atoms with Gasteiger partial charge in [0.15, 0.2) is 0 Å². The molecule has 0 fully saturated rings. The lowest BCUT2D eigenvalue weighted by molar-refractivity contribution is -0.128. The van der Waals surface area contributed by atoms with Crippen molar-refractivity contribution in [3.05, 3.63) is 35.9 Å². The van der Waals surface area contributed by atoms with E-state index in [0.717, 1.165) is 6.42 Å². The fraction of sp³-hybridized carbons (Fsp3) is 0.533. The molecular formula is C15H22O2. The molecule has 2 heteroatoms. The lowest BCUT2D eigenvalue weighted by Gasteiger charge is -2.21. The summed E-state index contributed by atoms with van der Waals surface area (Å²) in [6.45, 7) is 5.85. The van der Waals surface area contributed by atoms with Gasteiger partial charge >= 0.3 is 0 Å². The standard InChI is InChI=1S/C15H22O2/c1-15(2,3)14(16)11-13(17-4)10-12-8-6-5-7-9-12/h5-9,13H,10-11H2,1-4H3. The molecule has 0 radical (unpaired) electrons. The lowest BCUT2D eigenvalue weighted by Crippen LogP contribution is -2.27. The van der Waals surface area contributed by atoms with Crippen molar-refractivity contribution in [2.75, 3.05) is 7.11 Å². The summed E-state index contributed by atoms with van der Waals surface area (Å²) >= 11 is 0. The van der Waals surface area contributed by atoms with E-state index in [1.165, 1.54) is 5.56 Å². The van der Waals surface area contributed by atoms with Gasteiger partial charge in [0, 0.05) is 18.9 Å². The fourth-order valence-corrected chi connectivity index (χ4v) is 1.63. The predicted molar refractivity (Wildman–Crippen MR) is 70.0 cm³/mol. The van der Waals surface area contributed by atoms with Crippen LogP contribution < -0.4 is 0 Å². The highest BCUT2D eigenvalue weighted by atomic mass is 16.5. The molecule has 0 saturated carbocycles. The Bertz CT molecular complexity index is 349. The molecule has 1 aromatic carbocycles. The molecule has 1 aromatic rings. The van der Waals surface area contributed by atoms with Crippen LogP contribution in [0.25, 0.3) is 0 Å². The Morgan fingerprint density at radius 2 is 1.82 bits per heavy atom. The molecule has 1 atom stereocenters. The van der Waals surface area contributed by atoms with Crippen LogP contribution in [0.2, 0.25) is 0 Å². The van der Waals surface area contributed by atoms with Gasteiger partial charge in [-0.15, -0.1) is 0 Å². The number of ether oxygens (including phenoxy) is 1. The zero-order valence-corrected chi connectivity index (χ0v) is 11.2. The number of benzene rings is 1. The van der Waals surface area contributed by atoms with E-state index in [9.17, 15) is 4.79 Å². The van der Waals surface area contributed by atoms with E-state index in [0.29, 0.717) is 6.42 Å². The maximum Gasteiger partial charge on any atom is 0.140 e. The second-order valence-corrected chi connectivity index (χ2v) is 5.42.